The number of nitrogen functional groups attached to an aromatic ring is 1. The smallest absolute Gasteiger partial charge is 0.263 e. The fourth-order valence-electron chi connectivity index (χ4n) is 1.62. The van der Waals surface area contributed by atoms with Gasteiger partial charge in [0.2, 0.25) is 0 Å². The Kier molecular flexibility index (Phi) is 4.24. The summed E-state index contributed by atoms with van der Waals surface area (Å²) in [5.41, 5.74) is 7.18. The van der Waals surface area contributed by atoms with Crippen molar-refractivity contribution in [2.45, 2.75) is 18.2 Å². The summed E-state index contributed by atoms with van der Waals surface area (Å²) in [4.78, 5) is 7.91. The molecule has 1 heterocycles. The van der Waals surface area contributed by atoms with Crippen LogP contribution in [0.4, 0.5) is 11.5 Å². The number of benzene rings is 1. The van der Waals surface area contributed by atoms with Gasteiger partial charge in [-0.05, 0) is 40.0 Å². The van der Waals surface area contributed by atoms with Crippen molar-refractivity contribution in [2.75, 3.05) is 10.5 Å². The van der Waals surface area contributed by atoms with Crippen LogP contribution in [0, 0.1) is 0 Å². The predicted molar refractivity (Wildman–Crippen MR) is 80.8 cm³/mol. The summed E-state index contributed by atoms with van der Waals surface area (Å²) in [5, 5.41) is 0. The van der Waals surface area contributed by atoms with Crippen LogP contribution >= 0.6 is 15.9 Å². The summed E-state index contributed by atoms with van der Waals surface area (Å²) in [6.45, 7) is 1.95. The maximum absolute atomic E-state index is 12.2. The largest absolute Gasteiger partial charge is 0.398 e. The summed E-state index contributed by atoms with van der Waals surface area (Å²) in [6.07, 6.45) is 3.48. The van der Waals surface area contributed by atoms with Gasteiger partial charge in [-0.2, -0.15) is 0 Å². The number of nitrogens with one attached hydrogen (secondary N) is 1. The van der Waals surface area contributed by atoms with Gasteiger partial charge >= 0.3 is 0 Å². The molecule has 0 saturated heterocycles. The van der Waals surface area contributed by atoms with E-state index in [1.807, 2.05) is 6.92 Å². The number of hydrogen-bond donors (Lipinski definition) is 2. The van der Waals surface area contributed by atoms with Crippen molar-refractivity contribution in [3.8, 4) is 0 Å². The van der Waals surface area contributed by atoms with Gasteiger partial charge in [0.25, 0.3) is 10.0 Å². The maximum Gasteiger partial charge on any atom is 0.263 e. The van der Waals surface area contributed by atoms with Crippen molar-refractivity contribution in [1.82, 2.24) is 9.97 Å². The van der Waals surface area contributed by atoms with Gasteiger partial charge in [0.1, 0.15) is 4.60 Å². The number of aromatic nitrogens is 2. The molecule has 2 rings (SSSR count). The van der Waals surface area contributed by atoms with Crippen LogP contribution in [0.25, 0.3) is 0 Å². The second-order valence-corrected chi connectivity index (χ2v) is 6.54. The summed E-state index contributed by atoms with van der Waals surface area (Å²) in [5.74, 6) is 0.145. The summed E-state index contributed by atoms with van der Waals surface area (Å²) >= 11 is 3.13. The Labute approximate surface area is 125 Å². The quantitative estimate of drug-likeness (QED) is 0.818. The van der Waals surface area contributed by atoms with Crippen molar-refractivity contribution in [2.24, 2.45) is 0 Å². The molecule has 1 aromatic carbocycles. The Morgan fingerprint density at radius 2 is 2.05 bits per heavy atom. The molecule has 6 nitrogen and oxygen atoms in total. The molecule has 106 valence electrons. The molecule has 2 aromatic rings. The standard InChI is InChI=1S/C12H13BrN4O2S/c1-2-8-3-4-9(5-10(8)14)20(18,19)17-12-7-15-11(13)6-16-12/h3-7H,2,14H2,1H3,(H,16,17). The monoisotopic (exact) mass is 356 g/mol. The molecule has 8 heteroatoms. The van der Waals surface area contributed by atoms with Crippen molar-refractivity contribution in [3.63, 3.8) is 0 Å². The third kappa shape index (κ3) is 3.26. The van der Waals surface area contributed by atoms with E-state index in [4.69, 9.17) is 5.73 Å². The zero-order valence-electron chi connectivity index (χ0n) is 10.7. The second kappa shape index (κ2) is 5.76. The lowest BCUT2D eigenvalue weighted by molar-refractivity contribution is 0.601. The molecule has 0 fully saturated rings. The Morgan fingerprint density at radius 1 is 1.30 bits per heavy atom. The topological polar surface area (TPSA) is 98.0 Å². The van der Waals surface area contributed by atoms with Gasteiger partial charge in [-0.3, -0.25) is 4.72 Å². The van der Waals surface area contributed by atoms with E-state index in [-0.39, 0.29) is 10.7 Å². The number of nitrogens with two attached hydrogens (primary N) is 1. The van der Waals surface area contributed by atoms with Crippen molar-refractivity contribution in [3.05, 3.63) is 40.8 Å². The number of sulfonamides is 1. The number of nitrogens with zero attached hydrogens (tertiary/aromatic N) is 2. The van der Waals surface area contributed by atoms with Crippen molar-refractivity contribution in [1.29, 1.82) is 0 Å². The Hall–Kier alpha value is -1.67. The third-order valence-corrected chi connectivity index (χ3v) is 4.43. The highest BCUT2D eigenvalue weighted by molar-refractivity contribution is 9.10. The third-order valence-electron chi connectivity index (χ3n) is 2.67. The van der Waals surface area contributed by atoms with Gasteiger partial charge in [0, 0.05) is 5.69 Å². The fourth-order valence-corrected chi connectivity index (χ4v) is 2.86. The highest BCUT2D eigenvalue weighted by atomic mass is 79.9. The van der Waals surface area contributed by atoms with Crippen LogP contribution in [0.5, 0.6) is 0 Å². The molecule has 0 atom stereocenters. The van der Waals surface area contributed by atoms with E-state index in [1.54, 1.807) is 6.07 Å². The van der Waals surface area contributed by atoms with Crippen LogP contribution in [-0.2, 0) is 16.4 Å². The molecule has 0 unspecified atom stereocenters. The maximum atomic E-state index is 12.2. The Bertz CT molecular complexity index is 717. The normalized spacial score (nSPS) is 11.3. The Balaban J connectivity index is 2.30. The minimum absolute atomic E-state index is 0.0944. The number of hydrogen-bond acceptors (Lipinski definition) is 5. The first-order valence-electron chi connectivity index (χ1n) is 5.81. The molecule has 3 N–H and O–H groups in total. The van der Waals surface area contributed by atoms with E-state index in [0.29, 0.717) is 10.3 Å². The van der Waals surface area contributed by atoms with E-state index < -0.39 is 10.0 Å². The van der Waals surface area contributed by atoms with E-state index in [0.717, 1.165) is 12.0 Å². The van der Waals surface area contributed by atoms with E-state index in [2.05, 4.69) is 30.6 Å². The number of rotatable bonds is 4. The fraction of sp³-hybridized carbons (Fsp3) is 0.167. The van der Waals surface area contributed by atoms with Gasteiger partial charge in [-0.15, -0.1) is 0 Å². The van der Waals surface area contributed by atoms with Crippen LogP contribution in [0.3, 0.4) is 0 Å². The highest BCUT2D eigenvalue weighted by Crippen LogP contribution is 2.20. The molecule has 0 spiro atoms. The average molecular weight is 357 g/mol. The molecule has 0 aliphatic carbocycles. The van der Waals surface area contributed by atoms with Crippen LogP contribution in [-0.4, -0.2) is 18.4 Å². The zero-order chi connectivity index (χ0) is 14.8. The molecule has 0 aliphatic rings. The Morgan fingerprint density at radius 3 is 2.60 bits per heavy atom. The van der Waals surface area contributed by atoms with Crippen LogP contribution in [0.1, 0.15) is 12.5 Å². The van der Waals surface area contributed by atoms with Gasteiger partial charge < -0.3 is 5.73 Å². The van der Waals surface area contributed by atoms with Crippen molar-refractivity contribution >= 4 is 37.5 Å². The van der Waals surface area contributed by atoms with Crippen molar-refractivity contribution < 1.29 is 8.42 Å². The van der Waals surface area contributed by atoms with Crippen LogP contribution in [0.2, 0.25) is 0 Å². The molecule has 20 heavy (non-hydrogen) atoms. The van der Waals surface area contributed by atoms with Gasteiger partial charge in [-0.25, -0.2) is 18.4 Å². The van der Waals surface area contributed by atoms with E-state index in [1.165, 1.54) is 24.5 Å². The molecular formula is C12H13BrN4O2S. The molecule has 0 bridgehead atoms. The molecular weight excluding hydrogens is 344 g/mol. The minimum atomic E-state index is -3.72. The minimum Gasteiger partial charge on any atom is -0.398 e. The van der Waals surface area contributed by atoms with E-state index in [9.17, 15) is 8.42 Å². The number of halogens is 1. The first-order valence-corrected chi connectivity index (χ1v) is 8.09. The average Bonchev–Trinajstić information content (AvgIpc) is 2.41. The lowest BCUT2D eigenvalue weighted by atomic mass is 10.1. The lowest BCUT2D eigenvalue weighted by Crippen LogP contribution is -2.14. The molecule has 0 aliphatic heterocycles. The molecule has 0 amide bonds. The first kappa shape index (κ1) is 14.7. The SMILES string of the molecule is CCc1ccc(S(=O)(=O)Nc2cnc(Br)cn2)cc1N. The van der Waals surface area contributed by atoms with E-state index >= 15 is 0 Å². The molecule has 0 radical (unpaired) electrons. The second-order valence-electron chi connectivity index (χ2n) is 4.04. The lowest BCUT2D eigenvalue weighted by Gasteiger charge is -2.09. The first-order chi connectivity index (χ1) is 9.42. The summed E-state index contributed by atoms with van der Waals surface area (Å²) in [6, 6.07) is 4.66. The molecule has 0 saturated carbocycles. The highest BCUT2D eigenvalue weighted by Gasteiger charge is 2.16. The van der Waals surface area contributed by atoms with Gasteiger partial charge in [-0.1, -0.05) is 13.0 Å². The number of aryl methyl sites for hydroxylation is 1. The van der Waals surface area contributed by atoms with Crippen LogP contribution in [0.15, 0.2) is 40.1 Å². The number of anilines is 2. The van der Waals surface area contributed by atoms with Crippen LogP contribution < -0.4 is 10.5 Å². The summed E-state index contributed by atoms with van der Waals surface area (Å²) in [7, 11) is -3.72. The zero-order valence-corrected chi connectivity index (χ0v) is 13.1. The summed E-state index contributed by atoms with van der Waals surface area (Å²) < 4.78 is 27.3. The molecule has 1 aromatic heterocycles. The predicted octanol–water partition coefficient (Wildman–Crippen LogP) is 2.18. The van der Waals surface area contributed by atoms with Gasteiger partial charge in [0.05, 0.1) is 17.3 Å². The van der Waals surface area contributed by atoms with Gasteiger partial charge in [0.15, 0.2) is 5.82 Å².